The first kappa shape index (κ1) is 12.2. The fourth-order valence-corrected chi connectivity index (χ4v) is 1.60. The molecule has 1 aromatic heterocycles. The van der Waals surface area contributed by atoms with Crippen molar-refractivity contribution in [1.29, 1.82) is 0 Å². The van der Waals surface area contributed by atoms with Crippen LogP contribution in [-0.4, -0.2) is 22.8 Å². The van der Waals surface area contributed by atoms with Crippen LogP contribution in [0.2, 0.25) is 0 Å². The molecule has 0 radical (unpaired) electrons. The number of amides is 1. The third kappa shape index (κ3) is 3.10. The lowest BCUT2D eigenvalue weighted by Gasteiger charge is -2.03. The number of aryl methyl sites for hydroxylation is 1. The van der Waals surface area contributed by atoms with Gasteiger partial charge in [-0.3, -0.25) is 9.48 Å². The number of aromatic nitrogens is 2. The number of rotatable bonds is 4. The molecule has 0 unspecified atom stereocenters. The summed E-state index contributed by atoms with van der Waals surface area (Å²) in [7, 11) is 3.42. The van der Waals surface area contributed by atoms with Crippen LogP contribution in [0.3, 0.4) is 0 Å². The third-order valence-corrected chi connectivity index (χ3v) is 2.50. The normalized spacial score (nSPS) is 10.1. The molecule has 0 aliphatic heterocycles. The Morgan fingerprint density at radius 3 is 2.61 bits per heavy atom. The van der Waals surface area contributed by atoms with Gasteiger partial charge in [-0.25, -0.2) is 0 Å². The molecule has 1 amide bonds. The molecule has 5 heteroatoms. The largest absolute Gasteiger partial charge is 0.497 e. The van der Waals surface area contributed by atoms with Crippen LogP contribution in [-0.2, 0) is 18.3 Å². The molecule has 1 heterocycles. The number of anilines is 1. The second-order valence-corrected chi connectivity index (χ2v) is 3.95. The molecular formula is C13H15N3O2. The van der Waals surface area contributed by atoms with E-state index in [0.29, 0.717) is 12.2 Å². The predicted octanol–water partition coefficient (Wildman–Crippen LogP) is 1.61. The molecule has 1 N–H and O–H groups in total. The highest BCUT2D eigenvalue weighted by Gasteiger charge is 2.05. The topological polar surface area (TPSA) is 56.1 Å². The van der Waals surface area contributed by atoms with Crippen LogP contribution in [0.5, 0.6) is 5.75 Å². The van der Waals surface area contributed by atoms with E-state index in [0.717, 1.165) is 11.3 Å². The first-order chi connectivity index (χ1) is 8.67. The predicted molar refractivity (Wildman–Crippen MR) is 68.5 cm³/mol. The van der Waals surface area contributed by atoms with E-state index in [-0.39, 0.29) is 5.91 Å². The van der Waals surface area contributed by atoms with Crippen LogP contribution in [0, 0.1) is 0 Å². The van der Waals surface area contributed by atoms with Gasteiger partial charge in [0.2, 0.25) is 5.91 Å². The van der Waals surface area contributed by atoms with Gasteiger partial charge >= 0.3 is 0 Å². The summed E-state index contributed by atoms with van der Waals surface area (Å²) in [5.41, 5.74) is 0.934. The quantitative estimate of drug-likeness (QED) is 0.890. The molecular weight excluding hydrogens is 230 g/mol. The molecule has 0 saturated heterocycles. The van der Waals surface area contributed by atoms with Crippen LogP contribution < -0.4 is 10.1 Å². The maximum absolute atomic E-state index is 11.8. The van der Waals surface area contributed by atoms with Gasteiger partial charge in [0.15, 0.2) is 5.82 Å². The number of nitrogens with one attached hydrogen (secondary N) is 1. The van der Waals surface area contributed by atoms with E-state index in [9.17, 15) is 4.79 Å². The van der Waals surface area contributed by atoms with Gasteiger partial charge < -0.3 is 10.1 Å². The minimum atomic E-state index is -0.0844. The van der Waals surface area contributed by atoms with Crippen molar-refractivity contribution in [3.8, 4) is 5.75 Å². The molecule has 0 fully saturated rings. The van der Waals surface area contributed by atoms with Crippen molar-refractivity contribution in [2.45, 2.75) is 6.42 Å². The van der Waals surface area contributed by atoms with Crippen molar-refractivity contribution in [2.24, 2.45) is 7.05 Å². The van der Waals surface area contributed by atoms with Gasteiger partial charge in [0.05, 0.1) is 13.5 Å². The standard InChI is InChI=1S/C13H15N3O2/c1-16-8-7-12(15-16)14-13(17)9-10-3-5-11(18-2)6-4-10/h3-8H,9H2,1-2H3,(H,14,15,17). The van der Waals surface area contributed by atoms with Crippen molar-refractivity contribution < 1.29 is 9.53 Å². The van der Waals surface area contributed by atoms with Gasteiger partial charge in [-0.05, 0) is 17.7 Å². The average Bonchev–Trinajstić information content (AvgIpc) is 2.75. The Morgan fingerprint density at radius 1 is 1.33 bits per heavy atom. The Kier molecular flexibility index (Phi) is 3.62. The van der Waals surface area contributed by atoms with Crippen molar-refractivity contribution in [2.75, 3.05) is 12.4 Å². The summed E-state index contributed by atoms with van der Waals surface area (Å²) in [5, 5.41) is 6.82. The monoisotopic (exact) mass is 245 g/mol. The summed E-state index contributed by atoms with van der Waals surface area (Å²) < 4.78 is 6.70. The molecule has 0 aliphatic carbocycles. The lowest BCUT2D eigenvalue weighted by Crippen LogP contribution is -2.14. The Bertz CT molecular complexity index is 531. The number of nitrogens with zero attached hydrogens (tertiary/aromatic N) is 2. The second kappa shape index (κ2) is 5.35. The number of carbonyl (C=O) groups is 1. The molecule has 94 valence electrons. The van der Waals surface area contributed by atoms with Crippen molar-refractivity contribution in [1.82, 2.24) is 9.78 Å². The maximum Gasteiger partial charge on any atom is 0.229 e. The Labute approximate surface area is 105 Å². The summed E-state index contributed by atoms with van der Waals surface area (Å²) in [6.45, 7) is 0. The zero-order valence-electron chi connectivity index (χ0n) is 10.4. The molecule has 1 aromatic carbocycles. The molecule has 0 aliphatic rings. The lowest BCUT2D eigenvalue weighted by molar-refractivity contribution is -0.115. The Morgan fingerprint density at radius 2 is 2.06 bits per heavy atom. The molecule has 2 aromatic rings. The summed E-state index contributed by atoms with van der Waals surface area (Å²) in [6.07, 6.45) is 2.10. The van der Waals surface area contributed by atoms with E-state index in [1.54, 1.807) is 31.1 Å². The summed E-state index contributed by atoms with van der Waals surface area (Å²) in [4.78, 5) is 11.8. The van der Waals surface area contributed by atoms with Gasteiger partial charge in [-0.2, -0.15) is 5.10 Å². The lowest BCUT2D eigenvalue weighted by atomic mass is 10.1. The minimum absolute atomic E-state index is 0.0844. The Hall–Kier alpha value is -2.30. The van der Waals surface area contributed by atoms with Gasteiger partial charge in [0, 0.05) is 19.3 Å². The highest BCUT2D eigenvalue weighted by atomic mass is 16.5. The van der Waals surface area contributed by atoms with Crippen LogP contribution in [0.15, 0.2) is 36.5 Å². The summed E-state index contributed by atoms with van der Waals surface area (Å²) >= 11 is 0. The van der Waals surface area contributed by atoms with E-state index in [4.69, 9.17) is 4.74 Å². The van der Waals surface area contributed by atoms with E-state index in [1.165, 1.54) is 0 Å². The first-order valence-corrected chi connectivity index (χ1v) is 5.60. The summed E-state index contributed by atoms with van der Waals surface area (Å²) in [6, 6.07) is 9.17. The maximum atomic E-state index is 11.8. The molecule has 0 atom stereocenters. The summed E-state index contributed by atoms with van der Waals surface area (Å²) in [5.74, 6) is 1.26. The smallest absolute Gasteiger partial charge is 0.229 e. The molecule has 2 rings (SSSR count). The van der Waals surface area contributed by atoms with Crippen LogP contribution in [0.25, 0.3) is 0 Å². The van der Waals surface area contributed by atoms with Gasteiger partial charge in [-0.15, -0.1) is 0 Å². The second-order valence-electron chi connectivity index (χ2n) is 3.95. The number of ether oxygens (including phenoxy) is 1. The molecule has 0 spiro atoms. The fourth-order valence-electron chi connectivity index (χ4n) is 1.60. The first-order valence-electron chi connectivity index (χ1n) is 5.60. The van der Waals surface area contributed by atoms with Crippen molar-refractivity contribution in [3.05, 3.63) is 42.1 Å². The number of hydrogen-bond acceptors (Lipinski definition) is 3. The average molecular weight is 245 g/mol. The van der Waals surface area contributed by atoms with E-state index >= 15 is 0 Å². The van der Waals surface area contributed by atoms with E-state index in [1.807, 2.05) is 24.3 Å². The number of hydrogen-bond donors (Lipinski definition) is 1. The zero-order chi connectivity index (χ0) is 13.0. The van der Waals surface area contributed by atoms with Crippen molar-refractivity contribution in [3.63, 3.8) is 0 Å². The van der Waals surface area contributed by atoms with Gasteiger partial charge in [0.1, 0.15) is 5.75 Å². The molecule has 0 bridgehead atoms. The number of benzene rings is 1. The van der Waals surface area contributed by atoms with Crippen molar-refractivity contribution >= 4 is 11.7 Å². The zero-order valence-corrected chi connectivity index (χ0v) is 10.4. The molecule has 18 heavy (non-hydrogen) atoms. The van der Waals surface area contributed by atoms with Crippen LogP contribution in [0.4, 0.5) is 5.82 Å². The highest BCUT2D eigenvalue weighted by molar-refractivity contribution is 5.91. The minimum Gasteiger partial charge on any atom is -0.497 e. The third-order valence-electron chi connectivity index (χ3n) is 2.50. The SMILES string of the molecule is COc1ccc(CC(=O)Nc2ccn(C)n2)cc1. The van der Waals surface area contributed by atoms with Crippen LogP contribution in [0.1, 0.15) is 5.56 Å². The van der Waals surface area contributed by atoms with Crippen LogP contribution >= 0.6 is 0 Å². The molecule has 0 saturated carbocycles. The van der Waals surface area contributed by atoms with Gasteiger partial charge in [-0.1, -0.05) is 12.1 Å². The number of methoxy groups -OCH3 is 1. The van der Waals surface area contributed by atoms with E-state index in [2.05, 4.69) is 10.4 Å². The molecule has 5 nitrogen and oxygen atoms in total. The fraction of sp³-hybridized carbons (Fsp3) is 0.231. The van der Waals surface area contributed by atoms with Gasteiger partial charge in [0.25, 0.3) is 0 Å². The Balaban J connectivity index is 1.94. The highest BCUT2D eigenvalue weighted by Crippen LogP contribution is 2.12. The number of carbonyl (C=O) groups excluding carboxylic acids is 1. The van der Waals surface area contributed by atoms with E-state index < -0.39 is 0 Å².